The van der Waals surface area contributed by atoms with Crippen molar-refractivity contribution in [3.8, 4) is 0 Å². The number of amides is 1. The van der Waals surface area contributed by atoms with E-state index in [9.17, 15) is 4.79 Å². The third kappa shape index (κ3) is 2.39. The van der Waals surface area contributed by atoms with Gasteiger partial charge in [0.15, 0.2) is 0 Å². The summed E-state index contributed by atoms with van der Waals surface area (Å²) < 4.78 is 6.23. The van der Waals surface area contributed by atoms with Crippen molar-refractivity contribution in [2.24, 2.45) is 5.92 Å². The van der Waals surface area contributed by atoms with Crippen molar-refractivity contribution in [3.63, 3.8) is 0 Å². The van der Waals surface area contributed by atoms with Crippen LogP contribution in [-0.2, 0) is 11.3 Å². The van der Waals surface area contributed by atoms with E-state index >= 15 is 0 Å². The van der Waals surface area contributed by atoms with Crippen molar-refractivity contribution in [2.75, 3.05) is 13.1 Å². The Morgan fingerprint density at radius 2 is 1.97 bits per heavy atom. The largest absolute Gasteiger partial charge is 0.459 e. The van der Waals surface area contributed by atoms with E-state index in [-0.39, 0.29) is 11.6 Å². The van der Waals surface area contributed by atoms with Gasteiger partial charge in [0, 0.05) is 30.9 Å². The molecule has 3 atom stereocenters. The molecule has 1 aromatic heterocycles. The molecule has 2 aromatic carbocycles. The van der Waals surface area contributed by atoms with Gasteiger partial charge in [0.05, 0.1) is 6.04 Å². The maximum absolute atomic E-state index is 13.7. The zero-order valence-corrected chi connectivity index (χ0v) is 16.8. The SMILES string of the molecule is Cc1ccccc1CN1C[C@@H]2C[C@@H](c3cc4ccccc4o3)N3CCC[C@@]23C1=O. The van der Waals surface area contributed by atoms with Gasteiger partial charge in [-0.25, -0.2) is 0 Å². The fourth-order valence-corrected chi connectivity index (χ4v) is 6.14. The average molecular weight is 386 g/mol. The lowest BCUT2D eigenvalue weighted by Gasteiger charge is -2.32. The number of carbonyl (C=O) groups is 1. The summed E-state index contributed by atoms with van der Waals surface area (Å²) in [6.45, 7) is 4.71. The molecule has 0 aliphatic carbocycles. The maximum atomic E-state index is 13.7. The number of hydrogen-bond acceptors (Lipinski definition) is 3. The summed E-state index contributed by atoms with van der Waals surface area (Å²) in [7, 11) is 0. The summed E-state index contributed by atoms with van der Waals surface area (Å²) in [5.74, 6) is 1.75. The smallest absolute Gasteiger partial charge is 0.243 e. The summed E-state index contributed by atoms with van der Waals surface area (Å²) in [5.41, 5.74) is 3.15. The summed E-state index contributed by atoms with van der Waals surface area (Å²) in [4.78, 5) is 18.3. The Kier molecular flexibility index (Phi) is 3.70. The van der Waals surface area contributed by atoms with Gasteiger partial charge in [-0.1, -0.05) is 42.5 Å². The Morgan fingerprint density at radius 1 is 1.14 bits per heavy atom. The van der Waals surface area contributed by atoms with E-state index in [1.54, 1.807) is 0 Å². The molecule has 1 spiro atoms. The standard InChI is InChI=1S/C25H26N2O2/c1-17-7-2-3-9-19(17)15-26-16-20-14-21(27-12-6-11-25(20,27)24(26)28)23-13-18-8-4-5-10-22(18)29-23/h2-5,7-10,13,20-21H,6,11-12,14-16H2,1H3/t20-,21-,25-/m0/s1. The summed E-state index contributed by atoms with van der Waals surface area (Å²) in [6, 6.07) is 19.0. The molecule has 3 fully saturated rings. The van der Waals surface area contributed by atoms with Crippen molar-refractivity contribution in [2.45, 2.75) is 44.3 Å². The molecule has 0 saturated carbocycles. The quantitative estimate of drug-likeness (QED) is 0.656. The van der Waals surface area contributed by atoms with Gasteiger partial charge in [-0.05, 0) is 49.4 Å². The second-order valence-corrected chi connectivity index (χ2v) is 8.97. The van der Waals surface area contributed by atoms with Gasteiger partial charge >= 0.3 is 0 Å². The summed E-state index contributed by atoms with van der Waals surface area (Å²) in [6.07, 6.45) is 3.09. The molecule has 6 rings (SSSR count). The van der Waals surface area contributed by atoms with Crippen LogP contribution < -0.4 is 0 Å². The molecule has 0 radical (unpaired) electrons. The highest BCUT2D eigenvalue weighted by atomic mass is 16.3. The normalized spacial score (nSPS) is 29.0. The molecule has 4 nitrogen and oxygen atoms in total. The first kappa shape index (κ1) is 17.3. The second kappa shape index (κ2) is 6.20. The van der Waals surface area contributed by atoms with Gasteiger partial charge in [0.1, 0.15) is 16.9 Å². The molecular formula is C25H26N2O2. The highest BCUT2D eigenvalue weighted by Crippen LogP contribution is 2.56. The van der Waals surface area contributed by atoms with Gasteiger partial charge < -0.3 is 9.32 Å². The lowest BCUT2D eigenvalue weighted by molar-refractivity contribution is -0.137. The molecule has 148 valence electrons. The Bertz CT molecular complexity index is 1070. The molecule has 4 heterocycles. The van der Waals surface area contributed by atoms with Crippen LogP contribution in [0.5, 0.6) is 0 Å². The fraction of sp³-hybridized carbons (Fsp3) is 0.400. The van der Waals surface area contributed by atoms with Crippen LogP contribution in [0.25, 0.3) is 11.0 Å². The predicted molar refractivity (Wildman–Crippen MR) is 112 cm³/mol. The number of fused-ring (bicyclic) bond motifs is 1. The van der Waals surface area contributed by atoms with Gasteiger partial charge in [-0.2, -0.15) is 0 Å². The number of para-hydroxylation sites is 1. The number of furan rings is 1. The molecule has 3 aliphatic rings. The van der Waals surface area contributed by atoms with Gasteiger partial charge in [0.2, 0.25) is 5.91 Å². The molecule has 3 aliphatic heterocycles. The van der Waals surface area contributed by atoms with Crippen molar-refractivity contribution in [3.05, 3.63) is 71.5 Å². The van der Waals surface area contributed by atoms with Crippen molar-refractivity contribution in [1.29, 1.82) is 0 Å². The van der Waals surface area contributed by atoms with Crippen molar-refractivity contribution < 1.29 is 9.21 Å². The Balaban J connectivity index is 1.32. The molecule has 3 aromatic rings. The lowest BCUT2D eigenvalue weighted by atomic mass is 9.85. The zero-order valence-electron chi connectivity index (χ0n) is 16.8. The molecule has 4 heteroatoms. The minimum Gasteiger partial charge on any atom is -0.459 e. The fourth-order valence-electron chi connectivity index (χ4n) is 6.14. The van der Waals surface area contributed by atoms with Crippen LogP contribution in [0.15, 0.2) is 59.0 Å². The van der Waals surface area contributed by atoms with Crippen LogP contribution in [0, 0.1) is 12.8 Å². The van der Waals surface area contributed by atoms with Gasteiger partial charge in [-0.3, -0.25) is 9.69 Å². The van der Waals surface area contributed by atoms with Crippen LogP contribution >= 0.6 is 0 Å². The third-order valence-corrected chi connectivity index (χ3v) is 7.52. The van der Waals surface area contributed by atoms with Crippen LogP contribution in [0.4, 0.5) is 0 Å². The average Bonchev–Trinajstić information content (AvgIpc) is 3.45. The number of hydrogen-bond donors (Lipinski definition) is 0. The Hall–Kier alpha value is -2.59. The molecule has 0 N–H and O–H groups in total. The van der Waals surface area contributed by atoms with E-state index in [1.165, 1.54) is 11.1 Å². The maximum Gasteiger partial charge on any atom is 0.243 e. The first-order chi connectivity index (χ1) is 14.2. The topological polar surface area (TPSA) is 36.7 Å². The first-order valence-electron chi connectivity index (χ1n) is 10.8. The van der Waals surface area contributed by atoms with Crippen molar-refractivity contribution in [1.82, 2.24) is 9.80 Å². The van der Waals surface area contributed by atoms with Crippen molar-refractivity contribution >= 4 is 16.9 Å². The Morgan fingerprint density at radius 3 is 2.83 bits per heavy atom. The monoisotopic (exact) mass is 386 g/mol. The zero-order chi connectivity index (χ0) is 19.6. The highest BCUT2D eigenvalue weighted by molar-refractivity contribution is 5.90. The van der Waals surface area contributed by atoms with E-state index in [1.807, 2.05) is 12.1 Å². The Labute approximate surface area is 171 Å². The highest BCUT2D eigenvalue weighted by Gasteiger charge is 2.65. The molecule has 0 bridgehead atoms. The van der Waals surface area contributed by atoms with Crippen LogP contribution in [0.2, 0.25) is 0 Å². The minimum absolute atomic E-state index is 0.222. The predicted octanol–water partition coefficient (Wildman–Crippen LogP) is 4.68. The van der Waals surface area contributed by atoms with E-state index in [2.05, 4.69) is 59.2 Å². The van der Waals surface area contributed by atoms with Gasteiger partial charge in [-0.15, -0.1) is 0 Å². The molecule has 3 saturated heterocycles. The molecule has 1 amide bonds. The number of carbonyl (C=O) groups excluding carboxylic acids is 1. The van der Waals surface area contributed by atoms with Crippen LogP contribution in [0.3, 0.4) is 0 Å². The van der Waals surface area contributed by atoms with Crippen LogP contribution in [-0.4, -0.2) is 34.3 Å². The summed E-state index contributed by atoms with van der Waals surface area (Å²) >= 11 is 0. The second-order valence-electron chi connectivity index (χ2n) is 8.97. The number of aryl methyl sites for hydroxylation is 1. The lowest BCUT2D eigenvalue weighted by Crippen LogP contribution is -2.49. The number of benzene rings is 2. The van der Waals surface area contributed by atoms with E-state index in [0.717, 1.165) is 55.6 Å². The van der Waals surface area contributed by atoms with E-state index in [0.29, 0.717) is 11.8 Å². The third-order valence-electron chi connectivity index (χ3n) is 7.52. The van der Waals surface area contributed by atoms with Gasteiger partial charge in [0.25, 0.3) is 0 Å². The van der Waals surface area contributed by atoms with E-state index in [4.69, 9.17) is 4.42 Å². The van der Waals surface area contributed by atoms with Crippen LogP contribution in [0.1, 0.15) is 42.2 Å². The minimum atomic E-state index is -0.313. The molecule has 0 unspecified atom stereocenters. The number of nitrogens with zero attached hydrogens (tertiary/aromatic N) is 2. The first-order valence-corrected chi connectivity index (χ1v) is 10.8. The molecular weight excluding hydrogens is 360 g/mol. The number of rotatable bonds is 3. The summed E-state index contributed by atoms with van der Waals surface area (Å²) in [5, 5.41) is 1.15. The number of likely N-dealkylation sites (tertiary alicyclic amines) is 1. The molecule has 29 heavy (non-hydrogen) atoms. The van der Waals surface area contributed by atoms with E-state index < -0.39 is 0 Å².